The molecule has 0 saturated carbocycles. The van der Waals surface area contributed by atoms with Crippen LogP contribution in [0.5, 0.6) is 0 Å². The average Bonchev–Trinajstić information content (AvgIpc) is 2.11. The zero-order valence-corrected chi connectivity index (χ0v) is 10.6. The molecule has 0 amide bonds. The molecule has 1 nitrogen and oxygen atoms in total. The molecule has 92 valence electrons. The van der Waals surface area contributed by atoms with Gasteiger partial charge in [0, 0.05) is 12.6 Å². The highest BCUT2D eigenvalue weighted by Crippen LogP contribution is 2.14. The summed E-state index contributed by atoms with van der Waals surface area (Å²) in [6.07, 6.45) is 0.486. The first kappa shape index (κ1) is 15.2. The van der Waals surface area contributed by atoms with Crippen molar-refractivity contribution in [3.63, 3.8) is 0 Å². The Balaban J connectivity index is 4.07. The van der Waals surface area contributed by atoms with Crippen LogP contribution in [0.25, 0.3) is 0 Å². The van der Waals surface area contributed by atoms with Gasteiger partial charge in [0.05, 0.1) is 6.54 Å². The van der Waals surface area contributed by atoms with E-state index < -0.39 is 12.3 Å². The van der Waals surface area contributed by atoms with Crippen LogP contribution in [0.3, 0.4) is 0 Å². The van der Waals surface area contributed by atoms with Crippen molar-refractivity contribution in [2.75, 3.05) is 13.1 Å². The smallest absolute Gasteiger partial charge is 0.251 e. The fourth-order valence-electron chi connectivity index (χ4n) is 1.52. The molecule has 3 unspecified atom stereocenters. The number of unbranched alkanes of at least 4 members (excludes halogenated alkanes) is 1. The van der Waals surface area contributed by atoms with Crippen LogP contribution in [0, 0.1) is 0 Å². The number of rotatable bonds is 8. The number of halogens is 3. The highest BCUT2D eigenvalue weighted by Gasteiger charge is 2.19. The lowest BCUT2D eigenvalue weighted by Crippen LogP contribution is -2.39. The van der Waals surface area contributed by atoms with Crippen LogP contribution in [-0.4, -0.2) is 36.4 Å². The van der Waals surface area contributed by atoms with Crippen LogP contribution in [0.4, 0.5) is 13.2 Å². The number of nitrogens with zero attached hydrogens (tertiary/aromatic N) is 1. The zero-order valence-electron chi connectivity index (χ0n) is 9.43. The Kier molecular flexibility index (Phi) is 8.45. The summed E-state index contributed by atoms with van der Waals surface area (Å²) in [5.74, 6) is -1.13. The van der Waals surface area contributed by atoms with E-state index in [0.29, 0.717) is 0 Å². The van der Waals surface area contributed by atoms with E-state index >= 15 is 0 Å². The molecule has 0 aliphatic heterocycles. The largest absolute Gasteiger partial charge is 0.292 e. The summed E-state index contributed by atoms with van der Waals surface area (Å²) in [5, 5.41) is 0. The minimum absolute atomic E-state index is 0.0257. The van der Waals surface area contributed by atoms with Crippen molar-refractivity contribution < 1.29 is 13.2 Å². The van der Waals surface area contributed by atoms with Gasteiger partial charge in [-0.25, -0.2) is 13.2 Å². The molecule has 0 spiro atoms. The quantitative estimate of drug-likeness (QED) is 0.591. The summed E-state index contributed by atoms with van der Waals surface area (Å²) in [6.45, 7) is 3.67. The minimum Gasteiger partial charge on any atom is -0.292 e. The van der Waals surface area contributed by atoms with Crippen LogP contribution in [0.2, 0.25) is 0 Å². The summed E-state index contributed by atoms with van der Waals surface area (Å²) < 4.78 is 37.3. The van der Waals surface area contributed by atoms with Crippen molar-refractivity contribution in [3.8, 4) is 0 Å². The Morgan fingerprint density at radius 3 is 2.20 bits per heavy atom. The molecule has 0 fully saturated rings. The molecule has 5 heteroatoms. The molecule has 15 heavy (non-hydrogen) atoms. The van der Waals surface area contributed by atoms with E-state index in [9.17, 15) is 13.2 Å². The lowest BCUT2D eigenvalue weighted by molar-refractivity contribution is 0.0603. The Labute approximate surface area is 92.6 Å². The summed E-state index contributed by atoms with van der Waals surface area (Å²) in [7, 11) is 2.00. The second-order valence-electron chi connectivity index (χ2n) is 3.85. The summed E-state index contributed by atoms with van der Waals surface area (Å²) in [4.78, 5) is 1.53. The highest BCUT2D eigenvalue weighted by molar-refractivity contribution is 7.17. The maximum Gasteiger partial charge on any atom is 0.251 e. The molecule has 0 N–H and O–H groups in total. The number of alkyl halides is 3. The topological polar surface area (TPSA) is 3.24 Å². The Morgan fingerprint density at radius 1 is 1.20 bits per heavy atom. The van der Waals surface area contributed by atoms with Gasteiger partial charge in [0.15, 0.2) is 0 Å². The summed E-state index contributed by atoms with van der Waals surface area (Å²) in [5.41, 5.74) is 0. The number of hydrogen-bond donors (Lipinski definition) is 0. The molecule has 0 aromatic heterocycles. The van der Waals surface area contributed by atoms with E-state index in [1.54, 1.807) is 0 Å². The first-order valence-corrected chi connectivity index (χ1v) is 6.05. The van der Waals surface area contributed by atoms with Crippen LogP contribution < -0.4 is 0 Å². The second-order valence-corrected chi connectivity index (χ2v) is 4.58. The van der Waals surface area contributed by atoms with Crippen molar-refractivity contribution in [2.45, 2.75) is 51.5 Å². The van der Waals surface area contributed by atoms with Crippen molar-refractivity contribution in [3.05, 3.63) is 0 Å². The van der Waals surface area contributed by atoms with Gasteiger partial charge in [0.2, 0.25) is 0 Å². The first-order chi connectivity index (χ1) is 6.97. The van der Waals surface area contributed by atoms with Crippen molar-refractivity contribution in [1.82, 2.24) is 4.90 Å². The minimum atomic E-state index is -2.39. The molecule has 0 aromatic rings. The van der Waals surface area contributed by atoms with Gasteiger partial charge < -0.3 is 0 Å². The second kappa shape index (κ2) is 8.35. The highest BCUT2D eigenvalue weighted by atomic mass is 31.0. The maximum atomic E-state index is 12.8. The van der Waals surface area contributed by atoms with Gasteiger partial charge in [0.25, 0.3) is 6.43 Å². The lowest BCUT2D eigenvalue weighted by Gasteiger charge is -2.29. The monoisotopic (exact) mass is 243 g/mol. The van der Waals surface area contributed by atoms with E-state index in [1.807, 2.05) is 16.2 Å². The van der Waals surface area contributed by atoms with E-state index in [-0.39, 0.29) is 19.1 Å². The molecule has 0 aliphatic carbocycles. The van der Waals surface area contributed by atoms with Crippen molar-refractivity contribution in [1.29, 1.82) is 0 Å². The molecule has 0 heterocycles. The summed E-state index contributed by atoms with van der Waals surface area (Å²) in [6, 6.07) is 0.0257. The molecule has 0 aromatic carbocycles. The Bertz CT molecular complexity index is 146. The van der Waals surface area contributed by atoms with Gasteiger partial charge in [-0.15, -0.1) is 0 Å². The van der Waals surface area contributed by atoms with E-state index in [2.05, 4.69) is 6.92 Å². The first-order valence-electron chi connectivity index (χ1n) is 5.39. The molecule has 0 aliphatic rings. The Morgan fingerprint density at radius 2 is 1.80 bits per heavy atom. The standard InChI is InChI=1S/C10H21F3NP/c1-3-4-5-8(2)14(6-9(11)12)7-10(13)15/h8-10H,3-7,15H2,1-2H3. The predicted molar refractivity (Wildman–Crippen MR) is 61.2 cm³/mol. The zero-order chi connectivity index (χ0) is 11.8. The van der Waals surface area contributed by atoms with Crippen LogP contribution in [0.15, 0.2) is 0 Å². The Hall–Kier alpha value is 0.180. The van der Waals surface area contributed by atoms with Gasteiger partial charge >= 0.3 is 0 Å². The molecule has 0 bridgehead atoms. The SMILES string of the molecule is CCCCC(C)N(CC(F)F)CC(F)P. The maximum absolute atomic E-state index is 12.8. The third-order valence-electron chi connectivity index (χ3n) is 2.38. The van der Waals surface area contributed by atoms with Gasteiger partial charge in [-0.1, -0.05) is 29.0 Å². The van der Waals surface area contributed by atoms with Crippen molar-refractivity contribution >= 4 is 9.24 Å². The van der Waals surface area contributed by atoms with E-state index in [4.69, 9.17) is 0 Å². The predicted octanol–water partition coefficient (Wildman–Crippen LogP) is 3.30. The van der Waals surface area contributed by atoms with Crippen LogP contribution >= 0.6 is 9.24 Å². The van der Waals surface area contributed by atoms with E-state index in [0.717, 1.165) is 19.3 Å². The summed E-state index contributed by atoms with van der Waals surface area (Å²) >= 11 is 0. The molecule has 0 rings (SSSR count). The molecule has 0 radical (unpaired) electrons. The lowest BCUT2D eigenvalue weighted by atomic mass is 10.1. The molecule has 0 saturated heterocycles. The van der Waals surface area contributed by atoms with Crippen LogP contribution in [0.1, 0.15) is 33.1 Å². The number of hydrogen-bond acceptors (Lipinski definition) is 1. The normalized spacial score (nSPS) is 16.0. The molecular formula is C10H21F3NP. The van der Waals surface area contributed by atoms with Crippen molar-refractivity contribution in [2.24, 2.45) is 0 Å². The van der Waals surface area contributed by atoms with Gasteiger partial charge in [-0.05, 0) is 13.3 Å². The van der Waals surface area contributed by atoms with Crippen LogP contribution in [-0.2, 0) is 0 Å². The van der Waals surface area contributed by atoms with E-state index in [1.165, 1.54) is 4.90 Å². The fraction of sp³-hybridized carbons (Fsp3) is 1.00. The third-order valence-corrected chi connectivity index (χ3v) is 2.59. The van der Waals surface area contributed by atoms with Gasteiger partial charge in [0.1, 0.15) is 5.91 Å². The molecular weight excluding hydrogens is 222 g/mol. The fourth-order valence-corrected chi connectivity index (χ4v) is 1.79. The molecule has 3 atom stereocenters. The third kappa shape index (κ3) is 8.04. The van der Waals surface area contributed by atoms with Gasteiger partial charge in [-0.2, -0.15) is 0 Å². The average molecular weight is 243 g/mol. The van der Waals surface area contributed by atoms with Gasteiger partial charge in [-0.3, -0.25) is 4.90 Å².